The van der Waals surface area contributed by atoms with Crippen molar-refractivity contribution in [3.8, 4) is 0 Å². The molecule has 46 valence electrons. The Morgan fingerprint density at radius 3 is 2.38 bits per heavy atom. The highest BCUT2D eigenvalue weighted by Crippen LogP contribution is 2.41. The Kier molecular flexibility index (Phi) is 0.866. The number of rotatable bonds is 1. The van der Waals surface area contributed by atoms with Crippen molar-refractivity contribution < 1.29 is 9.84 Å². The molecule has 1 aliphatic carbocycles. The van der Waals surface area contributed by atoms with Crippen LogP contribution in [-0.4, -0.2) is 23.9 Å². The molecule has 8 heavy (non-hydrogen) atoms. The molecule has 0 aromatic carbocycles. The van der Waals surface area contributed by atoms with E-state index in [1.807, 2.05) is 0 Å². The fourth-order valence-electron chi connectivity index (χ4n) is 1.50. The molecule has 1 saturated carbocycles. The monoisotopic (exact) mass is 114 g/mol. The lowest BCUT2D eigenvalue weighted by Crippen LogP contribution is -2.03. The Bertz CT molecular complexity index is 92.7. The number of aliphatic hydroxyl groups excluding tert-OH is 1. The van der Waals surface area contributed by atoms with Crippen LogP contribution in [0.4, 0.5) is 0 Å². The summed E-state index contributed by atoms with van der Waals surface area (Å²) in [5.74, 6) is 0.554. The minimum Gasteiger partial charge on any atom is -0.396 e. The van der Waals surface area contributed by atoms with Gasteiger partial charge in [0, 0.05) is 6.61 Å². The van der Waals surface area contributed by atoms with E-state index in [-0.39, 0.29) is 0 Å². The van der Waals surface area contributed by atoms with Gasteiger partial charge in [0.2, 0.25) is 0 Å². The molecule has 2 nitrogen and oxygen atoms in total. The van der Waals surface area contributed by atoms with Crippen molar-refractivity contribution in [2.75, 3.05) is 6.61 Å². The van der Waals surface area contributed by atoms with Crippen LogP contribution in [0.2, 0.25) is 0 Å². The van der Waals surface area contributed by atoms with E-state index in [2.05, 4.69) is 0 Å². The maximum atomic E-state index is 8.65. The zero-order valence-corrected chi connectivity index (χ0v) is 4.71. The molecule has 0 amide bonds. The lowest BCUT2D eigenvalue weighted by molar-refractivity contribution is 0.181. The van der Waals surface area contributed by atoms with Gasteiger partial charge in [0.1, 0.15) is 0 Å². The third kappa shape index (κ3) is 0.565. The zero-order chi connectivity index (χ0) is 5.56. The van der Waals surface area contributed by atoms with Crippen molar-refractivity contribution in [2.24, 2.45) is 5.92 Å². The van der Waals surface area contributed by atoms with E-state index in [0.29, 0.717) is 24.7 Å². The van der Waals surface area contributed by atoms with E-state index >= 15 is 0 Å². The zero-order valence-electron chi connectivity index (χ0n) is 4.71. The van der Waals surface area contributed by atoms with Gasteiger partial charge in [0.05, 0.1) is 12.2 Å². The lowest BCUT2D eigenvalue weighted by atomic mass is 10.1. The number of hydrogen-bond donors (Lipinski definition) is 1. The van der Waals surface area contributed by atoms with Gasteiger partial charge < -0.3 is 9.84 Å². The molecule has 2 aliphatic rings. The highest BCUT2D eigenvalue weighted by molar-refractivity contribution is 4.95. The molecule has 0 aromatic heterocycles. The van der Waals surface area contributed by atoms with Gasteiger partial charge in [-0.2, -0.15) is 0 Å². The van der Waals surface area contributed by atoms with Gasteiger partial charge in [0.15, 0.2) is 0 Å². The molecule has 1 aliphatic heterocycles. The summed E-state index contributed by atoms with van der Waals surface area (Å²) in [6, 6.07) is 0. The third-order valence-electron chi connectivity index (χ3n) is 2.08. The first-order chi connectivity index (χ1) is 3.90. The number of epoxide rings is 1. The maximum absolute atomic E-state index is 8.65. The second-order valence-corrected chi connectivity index (χ2v) is 2.73. The largest absolute Gasteiger partial charge is 0.396 e. The molecule has 1 heterocycles. The smallest absolute Gasteiger partial charge is 0.0845 e. The van der Waals surface area contributed by atoms with Crippen molar-refractivity contribution in [3.05, 3.63) is 0 Å². The highest BCUT2D eigenvalue weighted by Gasteiger charge is 2.47. The van der Waals surface area contributed by atoms with Gasteiger partial charge in [-0.15, -0.1) is 0 Å². The molecule has 0 aromatic rings. The van der Waals surface area contributed by atoms with Gasteiger partial charge in [-0.1, -0.05) is 0 Å². The minimum absolute atomic E-state index is 0.358. The van der Waals surface area contributed by atoms with E-state index < -0.39 is 0 Å². The number of ether oxygens (including phenoxy) is 1. The molecule has 2 fully saturated rings. The van der Waals surface area contributed by atoms with E-state index in [4.69, 9.17) is 9.84 Å². The topological polar surface area (TPSA) is 32.8 Å². The Labute approximate surface area is 48.5 Å². The second kappa shape index (κ2) is 1.45. The number of aliphatic hydroxyl groups is 1. The minimum atomic E-state index is 0.358. The standard InChI is InChI=1S/C6H10O2/c7-3-4-1-5-6(2-4)8-5/h4-7H,1-3H2/t4?,5-,6?/m1/s1. The van der Waals surface area contributed by atoms with Crippen LogP contribution < -0.4 is 0 Å². The maximum Gasteiger partial charge on any atom is 0.0845 e. The van der Waals surface area contributed by atoms with Crippen molar-refractivity contribution in [3.63, 3.8) is 0 Å². The normalized spacial score (nSPS) is 51.4. The molecular formula is C6H10O2. The van der Waals surface area contributed by atoms with Crippen LogP contribution in [0, 0.1) is 5.92 Å². The molecular weight excluding hydrogens is 104 g/mol. The Morgan fingerprint density at radius 1 is 1.38 bits per heavy atom. The number of hydrogen-bond acceptors (Lipinski definition) is 2. The summed E-state index contributed by atoms with van der Waals surface area (Å²) in [4.78, 5) is 0. The SMILES string of the molecule is OCC1CC2O[C@@H]2C1. The molecule has 3 atom stereocenters. The Morgan fingerprint density at radius 2 is 2.00 bits per heavy atom. The quantitative estimate of drug-likeness (QED) is 0.492. The summed E-state index contributed by atoms with van der Waals surface area (Å²) in [6.07, 6.45) is 3.27. The molecule has 0 bridgehead atoms. The first kappa shape index (κ1) is 4.77. The lowest BCUT2D eigenvalue weighted by Gasteiger charge is -2.03. The van der Waals surface area contributed by atoms with Gasteiger partial charge in [0.25, 0.3) is 0 Å². The summed E-state index contributed by atoms with van der Waals surface area (Å²) >= 11 is 0. The fraction of sp³-hybridized carbons (Fsp3) is 1.00. The predicted molar refractivity (Wildman–Crippen MR) is 28.5 cm³/mol. The van der Waals surface area contributed by atoms with Gasteiger partial charge in [-0.25, -0.2) is 0 Å². The van der Waals surface area contributed by atoms with E-state index in [0.717, 1.165) is 12.8 Å². The molecule has 2 unspecified atom stereocenters. The van der Waals surface area contributed by atoms with Crippen molar-refractivity contribution in [1.29, 1.82) is 0 Å². The Balaban J connectivity index is 1.89. The second-order valence-electron chi connectivity index (χ2n) is 2.73. The molecule has 2 rings (SSSR count). The number of fused-ring (bicyclic) bond motifs is 1. The molecule has 0 spiro atoms. The third-order valence-corrected chi connectivity index (χ3v) is 2.08. The van der Waals surface area contributed by atoms with Crippen LogP contribution in [0.25, 0.3) is 0 Å². The van der Waals surface area contributed by atoms with Crippen LogP contribution in [0.1, 0.15) is 12.8 Å². The van der Waals surface area contributed by atoms with E-state index in [1.165, 1.54) is 0 Å². The molecule has 1 N–H and O–H groups in total. The van der Waals surface area contributed by atoms with Crippen molar-refractivity contribution in [1.82, 2.24) is 0 Å². The molecule has 2 heteroatoms. The van der Waals surface area contributed by atoms with Gasteiger partial charge in [-0.05, 0) is 18.8 Å². The van der Waals surface area contributed by atoms with E-state index in [1.54, 1.807) is 0 Å². The fourth-order valence-corrected chi connectivity index (χ4v) is 1.50. The van der Waals surface area contributed by atoms with Crippen LogP contribution in [0.3, 0.4) is 0 Å². The predicted octanol–water partition coefficient (Wildman–Crippen LogP) is 0.156. The summed E-state index contributed by atoms with van der Waals surface area (Å²) in [5, 5.41) is 8.65. The average Bonchev–Trinajstić information content (AvgIpc) is 2.40. The van der Waals surface area contributed by atoms with E-state index in [9.17, 15) is 0 Å². The average molecular weight is 114 g/mol. The summed E-state index contributed by atoms with van der Waals surface area (Å²) in [5.41, 5.74) is 0. The van der Waals surface area contributed by atoms with Crippen molar-refractivity contribution in [2.45, 2.75) is 25.0 Å². The highest BCUT2D eigenvalue weighted by atomic mass is 16.6. The molecule has 0 radical (unpaired) electrons. The van der Waals surface area contributed by atoms with Crippen LogP contribution in [0.15, 0.2) is 0 Å². The van der Waals surface area contributed by atoms with Crippen LogP contribution in [-0.2, 0) is 4.74 Å². The first-order valence-electron chi connectivity index (χ1n) is 3.16. The molecule has 1 saturated heterocycles. The van der Waals surface area contributed by atoms with Gasteiger partial charge >= 0.3 is 0 Å². The Hall–Kier alpha value is -0.0800. The van der Waals surface area contributed by atoms with Gasteiger partial charge in [-0.3, -0.25) is 0 Å². The van der Waals surface area contributed by atoms with Crippen molar-refractivity contribution >= 4 is 0 Å². The summed E-state index contributed by atoms with van der Waals surface area (Å²) in [7, 11) is 0. The summed E-state index contributed by atoms with van der Waals surface area (Å²) < 4.78 is 5.17. The first-order valence-corrected chi connectivity index (χ1v) is 3.16. The van der Waals surface area contributed by atoms with Crippen LogP contribution >= 0.6 is 0 Å². The summed E-state index contributed by atoms with van der Waals surface area (Å²) in [6.45, 7) is 0.358. The van der Waals surface area contributed by atoms with Crippen LogP contribution in [0.5, 0.6) is 0 Å².